The van der Waals surface area contributed by atoms with Crippen LogP contribution in [0.4, 0.5) is 5.69 Å². The Bertz CT molecular complexity index is 821. The van der Waals surface area contributed by atoms with Crippen molar-refractivity contribution >= 4 is 16.7 Å². The highest BCUT2D eigenvalue weighted by atomic mass is 16.4. The van der Waals surface area contributed by atoms with Gasteiger partial charge in [0.2, 0.25) is 0 Å². The summed E-state index contributed by atoms with van der Waals surface area (Å²) in [6.07, 6.45) is 0. The van der Waals surface area contributed by atoms with Gasteiger partial charge in [-0.1, -0.05) is 30.3 Å². The van der Waals surface area contributed by atoms with E-state index in [0.717, 1.165) is 16.6 Å². The Morgan fingerprint density at radius 1 is 1.05 bits per heavy atom. The Morgan fingerprint density at radius 3 is 2.57 bits per heavy atom. The van der Waals surface area contributed by atoms with Crippen LogP contribution in [0.5, 0.6) is 0 Å². The highest BCUT2D eigenvalue weighted by Crippen LogP contribution is 2.24. The van der Waals surface area contributed by atoms with Gasteiger partial charge in [-0.2, -0.15) is 0 Å². The maximum absolute atomic E-state index is 11.5. The maximum Gasteiger partial charge on any atom is 0.336 e. The smallest absolute Gasteiger partial charge is 0.336 e. The van der Waals surface area contributed by atoms with Crippen molar-refractivity contribution in [3.05, 3.63) is 76.1 Å². The lowest BCUT2D eigenvalue weighted by atomic mass is 10.1. The lowest BCUT2D eigenvalue weighted by Gasteiger charge is -2.16. The molecule has 1 atom stereocenters. The van der Waals surface area contributed by atoms with Gasteiger partial charge < -0.3 is 9.73 Å². The zero-order valence-electron chi connectivity index (χ0n) is 12.1. The molecule has 2 aromatic carbocycles. The van der Waals surface area contributed by atoms with Gasteiger partial charge in [0, 0.05) is 29.2 Å². The maximum atomic E-state index is 11.5. The second kappa shape index (κ2) is 5.44. The average Bonchev–Trinajstić information content (AvgIpc) is 2.47. The largest absolute Gasteiger partial charge is 0.423 e. The molecule has 21 heavy (non-hydrogen) atoms. The predicted molar refractivity (Wildman–Crippen MR) is 85.7 cm³/mol. The molecule has 3 aromatic rings. The van der Waals surface area contributed by atoms with Crippen molar-refractivity contribution in [1.82, 2.24) is 0 Å². The standard InChI is InChI=1S/C18H17NO2/c1-12-10-18(20)21-17-11-15(8-9-16(12)17)19-13(2)14-6-4-3-5-7-14/h3-11,13,19H,1-2H3. The fraction of sp³-hybridized carbons (Fsp3) is 0.167. The van der Waals surface area contributed by atoms with Crippen LogP contribution >= 0.6 is 0 Å². The molecule has 1 N–H and O–H groups in total. The second-order valence-corrected chi connectivity index (χ2v) is 5.24. The van der Waals surface area contributed by atoms with Crippen LogP contribution in [-0.2, 0) is 0 Å². The van der Waals surface area contributed by atoms with Gasteiger partial charge in [-0.15, -0.1) is 0 Å². The summed E-state index contributed by atoms with van der Waals surface area (Å²) in [6.45, 7) is 4.02. The van der Waals surface area contributed by atoms with Crippen LogP contribution < -0.4 is 10.9 Å². The minimum atomic E-state index is -0.312. The van der Waals surface area contributed by atoms with E-state index in [1.807, 2.05) is 43.3 Å². The molecule has 0 amide bonds. The lowest BCUT2D eigenvalue weighted by Crippen LogP contribution is -2.06. The van der Waals surface area contributed by atoms with Crippen molar-refractivity contribution in [3.8, 4) is 0 Å². The first-order chi connectivity index (χ1) is 10.1. The van der Waals surface area contributed by atoms with E-state index in [9.17, 15) is 4.79 Å². The summed E-state index contributed by atoms with van der Waals surface area (Å²) in [5.74, 6) is 0. The summed E-state index contributed by atoms with van der Waals surface area (Å²) >= 11 is 0. The molecule has 3 heteroatoms. The zero-order chi connectivity index (χ0) is 14.8. The minimum Gasteiger partial charge on any atom is -0.423 e. The number of aryl methyl sites for hydroxylation is 1. The fourth-order valence-corrected chi connectivity index (χ4v) is 2.49. The molecule has 0 saturated heterocycles. The van der Waals surface area contributed by atoms with E-state index in [1.54, 1.807) is 0 Å². The molecule has 3 nitrogen and oxygen atoms in total. The van der Waals surface area contributed by atoms with Crippen molar-refractivity contribution in [2.24, 2.45) is 0 Å². The number of hydrogen-bond donors (Lipinski definition) is 1. The molecule has 3 rings (SSSR count). The van der Waals surface area contributed by atoms with E-state index < -0.39 is 0 Å². The molecule has 1 unspecified atom stereocenters. The SMILES string of the molecule is Cc1cc(=O)oc2cc(NC(C)c3ccccc3)ccc12. The van der Waals surface area contributed by atoms with E-state index in [-0.39, 0.29) is 11.7 Å². The first-order valence-corrected chi connectivity index (χ1v) is 6.99. The zero-order valence-corrected chi connectivity index (χ0v) is 12.1. The fourth-order valence-electron chi connectivity index (χ4n) is 2.49. The molecule has 0 aliphatic carbocycles. The molecule has 0 saturated carbocycles. The van der Waals surface area contributed by atoms with Gasteiger partial charge in [-0.25, -0.2) is 4.79 Å². The van der Waals surface area contributed by atoms with Crippen molar-refractivity contribution < 1.29 is 4.42 Å². The van der Waals surface area contributed by atoms with Gasteiger partial charge >= 0.3 is 5.63 Å². The molecule has 1 heterocycles. The number of benzene rings is 2. The number of nitrogens with one attached hydrogen (secondary N) is 1. The molecule has 0 radical (unpaired) electrons. The summed E-state index contributed by atoms with van der Waals surface area (Å²) in [5.41, 5.74) is 3.39. The van der Waals surface area contributed by atoms with E-state index in [0.29, 0.717) is 5.58 Å². The van der Waals surface area contributed by atoms with Crippen LogP contribution in [0.15, 0.2) is 63.8 Å². The Hall–Kier alpha value is -2.55. The summed E-state index contributed by atoms with van der Waals surface area (Å²) in [6, 6.07) is 17.8. The summed E-state index contributed by atoms with van der Waals surface area (Å²) in [4.78, 5) is 11.5. The number of rotatable bonds is 3. The molecule has 0 aliphatic rings. The number of anilines is 1. The Kier molecular flexibility index (Phi) is 3.48. The molecule has 0 bridgehead atoms. The Balaban J connectivity index is 1.93. The van der Waals surface area contributed by atoms with Crippen molar-refractivity contribution in [1.29, 1.82) is 0 Å². The van der Waals surface area contributed by atoms with E-state index >= 15 is 0 Å². The third kappa shape index (κ3) is 2.82. The van der Waals surface area contributed by atoms with Gasteiger partial charge in [-0.3, -0.25) is 0 Å². The minimum absolute atomic E-state index is 0.181. The van der Waals surface area contributed by atoms with Gasteiger partial charge in [0.15, 0.2) is 0 Å². The molecule has 0 aliphatic heterocycles. The van der Waals surface area contributed by atoms with Gasteiger partial charge in [0.25, 0.3) is 0 Å². The van der Waals surface area contributed by atoms with Crippen molar-refractivity contribution in [2.75, 3.05) is 5.32 Å². The molecular formula is C18H17NO2. The third-order valence-electron chi connectivity index (χ3n) is 3.63. The van der Waals surface area contributed by atoms with Crippen molar-refractivity contribution in [2.45, 2.75) is 19.9 Å². The monoisotopic (exact) mass is 279 g/mol. The summed E-state index contributed by atoms with van der Waals surface area (Å²) in [7, 11) is 0. The number of fused-ring (bicyclic) bond motifs is 1. The molecular weight excluding hydrogens is 262 g/mol. The van der Waals surface area contributed by atoms with E-state index in [4.69, 9.17) is 4.42 Å². The van der Waals surface area contributed by atoms with E-state index in [1.165, 1.54) is 11.6 Å². The molecule has 0 spiro atoms. The molecule has 106 valence electrons. The highest BCUT2D eigenvalue weighted by Gasteiger charge is 2.07. The molecule has 0 fully saturated rings. The quantitative estimate of drug-likeness (QED) is 0.728. The lowest BCUT2D eigenvalue weighted by molar-refractivity contribution is 0.560. The third-order valence-corrected chi connectivity index (χ3v) is 3.63. The predicted octanol–water partition coefficient (Wildman–Crippen LogP) is 4.27. The first kappa shape index (κ1) is 13.4. The van der Waals surface area contributed by atoms with Crippen LogP contribution in [0.2, 0.25) is 0 Å². The van der Waals surface area contributed by atoms with Gasteiger partial charge in [-0.05, 0) is 37.1 Å². The van der Waals surface area contributed by atoms with Crippen LogP contribution in [0, 0.1) is 6.92 Å². The summed E-state index contributed by atoms with van der Waals surface area (Å²) < 4.78 is 5.27. The molecule has 1 aromatic heterocycles. The second-order valence-electron chi connectivity index (χ2n) is 5.24. The van der Waals surface area contributed by atoms with Crippen LogP contribution in [0.25, 0.3) is 11.0 Å². The highest BCUT2D eigenvalue weighted by molar-refractivity contribution is 5.83. The average molecular weight is 279 g/mol. The Labute approximate surface area is 123 Å². The first-order valence-electron chi connectivity index (χ1n) is 6.99. The normalized spacial score (nSPS) is 12.3. The van der Waals surface area contributed by atoms with Crippen LogP contribution in [-0.4, -0.2) is 0 Å². The van der Waals surface area contributed by atoms with E-state index in [2.05, 4.69) is 24.4 Å². The number of hydrogen-bond acceptors (Lipinski definition) is 3. The van der Waals surface area contributed by atoms with Crippen LogP contribution in [0.3, 0.4) is 0 Å². The van der Waals surface area contributed by atoms with Gasteiger partial charge in [0.1, 0.15) is 5.58 Å². The van der Waals surface area contributed by atoms with Crippen LogP contribution in [0.1, 0.15) is 24.1 Å². The summed E-state index contributed by atoms with van der Waals surface area (Å²) in [5, 5.41) is 4.39. The topological polar surface area (TPSA) is 42.2 Å². The Morgan fingerprint density at radius 2 is 1.81 bits per heavy atom. The van der Waals surface area contributed by atoms with Crippen molar-refractivity contribution in [3.63, 3.8) is 0 Å². The van der Waals surface area contributed by atoms with Gasteiger partial charge in [0.05, 0.1) is 0 Å².